The molecule has 2 nitrogen and oxygen atoms in total. The Morgan fingerprint density at radius 3 is 2.64 bits per heavy atom. The van der Waals surface area contributed by atoms with E-state index in [9.17, 15) is 0 Å². The van der Waals surface area contributed by atoms with Gasteiger partial charge in [0.25, 0.3) is 0 Å². The fourth-order valence-corrected chi connectivity index (χ4v) is 2.55. The first-order valence-corrected chi connectivity index (χ1v) is 6.36. The molecule has 1 aliphatic heterocycles. The van der Waals surface area contributed by atoms with Crippen molar-refractivity contribution in [1.82, 2.24) is 10.3 Å². The lowest BCUT2D eigenvalue weighted by Crippen LogP contribution is -2.17. The molecule has 0 saturated carbocycles. The van der Waals surface area contributed by atoms with Crippen molar-refractivity contribution in [3.8, 4) is 0 Å². The van der Waals surface area contributed by atoms with E-state index in [1.165, 1.54) is 4.91 Å². The zero-order valence-corrected chi connectivity index (χ0v) is 10.3. The molecule has 5 heteroatoms. The summed E-state index contributed by atoms with van der Waals surface area (Å²) in [6.07, 6.45) is 0. The number of halogens is 2. The van der Waals surface area contributed by atoms with E-state index in [4.69, 9.17) is 11.6 Å². The first-order chi connectivity index (χ1) is 6.81. The summed E-state index contributed by atoms with van der Waals surface area (Å²) in [6.45, 7) is 0. The minimum atomic E-state index is 0.758. The second-order valence-electron chi connectivity index (χ2n) is 2.77. The van der Waals surface area contributed by atoms with Crippen molar-refractivity contribution in [2.75, 3.05) is 5.33 Å². The van der Waals surface area contributed by atoms with Crippen LogP contribution in [0.4, 0.5) is 0 Å². The van der Waals surface area contributed by atoms with Crippen molar-refractivity contribution in [3.05, 3.63) is 39.8 Å². The van der Waals surface area contributed by atoms with Crippen LogP contribution in [-0.4, -0.2) is 5.33 Å². The van der Waals surface area contributed by atoms with Gasteiger partial charge in [-0.1, -0.05) is 39.7 Å². The van der Waals surface area contributed by atoms with Crippen LogP contribution < -0.4 is 10.3 Å². The number of hydrogen-bond acceptors (Lipinski definition) is 3. The quantitative estimate of drug-likeness (QED) is 0.646. The highest BCUT2D eigenvalue weighted by Crippen LogP contribution is 2.29. The van der Waals surface area contributed by atoms with Crippen LogP contribution in [-0.2, 0) is 0 Å². The molecule has 0 amide bonds. The van der Waals surface area contributed by atoms with E-state index in [0.717, 1.165) is 21.6 Å². The van der Waals surface area contributed by atoms with Gasteiger partial charge in [0, 0.05) is 15.3 Å². The molecule has 0 aliphatic carbocycles. The Balaban J connectivity index is 2.34. The summed E-state index contributed by atoms with van der Waals surface area (Å²) in [7, 11) is 0. The molecule has 2 N–H and O–H groups in total. The number of rotatable bonds is 2. The molecule has 0 unspecified atom stereocenters. The number of hydrogen-bond donors (Lipinski definition) is 2. The van der Waals surface area contributed by atoms with Gasteiger partial charge in [-0.3, -0.25) is 0 Å². The first kappa shape index (κ1) is 10.4. The molecule has 74 valence electrons. The van der Waals surface area contributed by atoms with Crippen LogP contribution in [0.5, 0.6) is 0 Å². The summed E-state index contributed by atoms with van der Waals surface area (Å²) in [5.74, 6) is 0. The van der Waals surface area contributed by atoms with Crippen molar-refractivity contribution in [3.63, 3.8) is 0 Å². The molecular formula is C9H8BrClN2S. The minimum absolute atomic E-state index is 0.758. The van der Waals surface area contributed by atoms with Gasteiger partial charge in [-0.25, -0.2) is 0 Å². The summed E-state index contributed by atoms with van der Waals surface area (Å²) in [6, 6.07) is 7.78. The molecule has 1 heterocycles. The van der Waals surface area contributed by atoms with E-state index < -0.39 is 0 Å². The van der Waals surface area contributed by atoms with Crippen LogP contribution in [0.1, 0.15) is 5.56 Å². The molecule has 0 saturated heterocycles. The molecule has 0 bridgehead atoms. The van der Waals surface area contributed by atoms with Crippen LogP contribution in [0.2, 0.25) is 5.02 Å². The third-order valence-corrected chi connectivity index (χ3v) is 3.87. The van der Waals surface area contributed by atoms with Gasteiger partial charge in [-0.2, -0.15) is 4.83 Å². The van der Waals surface area contributed by atoms with E-state index in [0.29, 0.717) is 0 Å². The van der Waals surface area contributed by atoms with Gasteiger partial charge >= 0.3 is 0 Å². The van der Waals surface area contributed by atoms with Crippen LogP contribution in [0.15, 0.2) is 29.2 Å². The van der Waals surface area contributed by atoms with E-state index >= 15 is 0 Å². The highest BCUT2D eigenvalue weighted by Gasteiger charge is 2.14. The van der Waals surface area contributed by atoms with Crippen LogP contribution >= 0.6 is 39.5 Å². The Morgan fingerprint density at radius 1 is 1.29 bits per heavy atom. The average Bonchev–Trinajstić information content (AvgIpc) is 2.67. The number of hydrazine groups is 1. The van der Waals surface area contributed by atoms with Gasteiger partial charge in [-0.15, -0.1) is 0 Å². The highest BCUT2D eigenvalue weighted by molar-refractivity contribution is 9.09. The molecule has 14 heavy (non-hydrogen) atoms. The van der Waals surface area contributed by atoms with Crippen molar-refractivity contribution in [1.29, 1.82) is 0 Å². The molecule has 0 atom stereocenters. The summed E-state index contributed by atoms with van der Waals surface area (Å²) in [5.41, 5.74) is 5.37. The standard InChI is InChI=1S/C9H8BrClN2S/c10-5-8-9(12-13-14-8)6-1-3-7(11)4-2-6/h1-4,12-13H,5H2. The number of alkyl halides is 1. The average molecular weight is 292 g/mol. The van der Waals surface area contributed by atoms with Crippen LogP contribution in [0.3, 0.4) is 0 Å². The lowest BCUT2D eigenvalue weighted by Gasteiger charge is -2.04. The molecule has 1 aromatic rings. The van der Waals surface area contributed by atoms with E-state index in [-0.39, 0.29) is 0 Å². The van der Waals surface area contributed by atoms with Crippen molar-refractivity contribution >= 4 is 45.2 Å². The molecule has 0 radical (unpaired) electrons. The topological polar surface area (TPSA) is 24.1 Å². The Labute approximate surface area is 100 Å². The lowest BCUT2D eigenvalue weighted by atomic mass is 10.1. The predicted octanol–water partition coefficient (Wildman–Crippen LogP) is 3.16. The highest BCUT2D eigenvalue weighted by atomic mass is 79.9. The summed E-state index contributed by atoms with van der Waals surface area (Å²) < 4.78 is 0. The molecule has 2 rings (SSSR count). The lowest BCUT2D eigenvalue weighted by molar-refractivity contribution is 0.916. The second kappa shape index (κ2) is 4.57. The molecule has 0 spiro atoms. The summed E-state index contributed by atoms with van der Waals surface area (Å²) in [5, 5.41) is 1.60. The van der Waals surface area contributed by atoms with E-state index in [2.05, 4.69) is 26.2 Å². The largest absolute Gasteiger partial charge is 0.310 e. The third kappa shape index (κ3) is 2.08. The molecule has 0 fully saturated rings. The fourth-order valence-electron chi connectivity index (χ4n) is 1.20. The third-order valence-electron chi connectivity index (χ3n) is 1.88. The maximum atomic E-state index is 5.82. The Morgan fingerprint density at radius 2 is 2.00 bits per heavy atom. The van der Waals surface area contributed by atoms with E-state index in [1.807, 2.05) is 24.3 Å². The normalized spacial score (nSPS) is 15.9. The zero-order valence-electron chi connectivity index (χ0n) is 7.18. The molecule has 1 aliphatic rings. The smallest absolute Gasteiger partial charge is 0.0686 e. The first-order valence-electron chi connectivity index (χ1n) is 4.04. The fraction of sp³-hybridized carbons (Fsp3) is 0.111. The Bertz CT molecular complexity index is 364. The number of nitrogens with one attached hydrogen (secondary N) is 2. The van der Waals surface area contributed by atoms with Crippen molar-refractivity contribution in [2.24, 2.45) is 0 Å². The van der Waals surface area contributed by atoms with Gasteiger partial charge in [0.1, 0.15) is 0 Å². The van der Waals surface area contributed by atoms with Crippen molar-refractivity contribution < 1.29 is 0 Å². The van der Waals surface area contributed by atoms with Crippen LogP contribution in [0, 0.1) is 0 Å². The van der Waals surface area contributed by atoms with Gasteiger partial charge in [-0.05, 0) is 29.6 Å². The maximum absolute atomic E-state index is 5.82. The Kier molecular flexibility index (Phi) is 3.38. The number of allylic oxidation sites excluding steroid dienone is 1. The molecule has 1 aromatic carbocycles. The van der Waals surface area contributed by atoms with Gasteiger partial charge in [0.05, 0.1) is 5.70 Å². The second-order valence-corrected chi connectivity index (χ2v) is 4.67. The molecular weight excluding hydrogens is 284 g/mol. The Hall–Kier alpha value is -0.160. The molecule has 0 aromatic heterocycles. The zero-order chi connectivity index (χ0) is 9.97. The summed E-state index contributed by atoms with van der Waals surface area (Å²) in [4.78, 5) is 4.26. The van der Waals surface area contributed by atoms with Crippen LogP contribution in [0.25, 0.3) is 5.70 Å². The SMILES string of the molecule is Clc1ccc(C2=C(CBr)SNN2)cc1. The number of benzene rings is 1. The monoisotopic (exact) mass is 290 g/mol. The predicted molar refractivity (Wildman–Crippen MR) is 66.0 cm³/mol. The van der Waals surface area contributed by atoms with Gasteiger partial charge in [0.15, 0.2) is 0 Å². The van der Waals surface area contributed by atoms with Gasteiger partial charge in [0.2, 0.25) is 0 Å². The minimum Gasteiger partial charge on any atom is -0.310 e. The summed E-state index contributed by atoms with van der Waals surface area (Å²) >= 11 is 10.9. The van der Waals surface area contributed by atoms with Gasteiger partial charge < -0.3 is 5.43 Å². The van der Waals surface area contributed by atoms with Crippen molar-refractivity contribution in [2.45, 2.75) is 0 Å². The maximum Gasteiger partial charge on any atom is 0.0686 e. The van der Waals surface area contributed by atoms with E-state index in [1.54, 1.807) is 11.9 Å².